The highest BCUT2D eigenvalue weighted by molar-refractivity contribution is 5.84. The van der Waals surface area contributed by atoms with Gasteiger partial charge in [-0.3, -0.25) is 15.2 Å². The van der Waals surface area contributed by atoms with Gasteiger partial charge in [-0.2, -0.15) is 0 Å². The number of anilines is 1. The zero-order valence-electron chi connectivity index (χ0n) is 16.0. The third kappa shape index (κ3) is 5.09. The molecule has 1 aromatic heterocycles. The number of aromatic nitrogens is 1. The minimum Gasteiger partial charge on any atom is -0.444 e. The number of carbonyl (C=O) groups excluding carboxylic acids is 1. The number of piperidine rings is 1. The number of rotatable bonds is 6. The molecule has 1 aromatic carbocycles. The lowest BCUT2D eigenvalue weighted by Gasteiger charge is -2.41. The van der Waals surface area contributed by atoms with Gasteiger partial charge in [0.25, 0.3) is 0 Å². The second-order valence-electron chi connectivity index (χ2n) is 7.63. The van der Waals surface area contributed by atoms with Gasteiger partial charge in [0.05, 0.1) is 19.3 Å². The van der Waals surface area contributed by atoms with Crippen LogP contribution in [0.3, 0.4) is 0 Å². The number of pyridine rings is 1. The van der Waals surface area contributed by atoms with E-state index in [0.29, 0.717) is 6.04 Å². The predicted octanol–water partition coefficient (Wildman–Crippen LogP) is 3.48. The molecule has 2 aromatic rings. The van der Waals surface area contributed by atoms with Gasteiger partial charge < -0.3 is 9.47 Å². The first-order valence-electron chi connectivity index (χ1n) is 10.00. The molecule has 0 atom stereocenters. The van der Waals surface area contributed by atoms with Crippen molar-refractivity contribution in [3.8, 4) is 0 Å². The van der Waals surface area contributed by atoms with Crippen molar-refractivity contribution in [2.24, 2.45) is 5.92 Å². The Morgan fingerprint density at radius 2 is 1.79 bits per heavy atom. The number of hydrogen-bond donors (Lipinski definition) is 1. The second kappa shape index (κ2) is 9.17. The van der Waals surface area contributed by atoms with Crippen molar-refractivity contribution in [1.29, 1.82) is 0 Å². The Morgan fingerprint density at radius 1 is 1.07 bits per heavy atom. The maximum Gasteiger partial charge on any atom is 0.411 e. The van der Waals surface area contributed by atoms with Crippen LogP contribution in [0.2, 0.25) is 0 Å². The summed E-state index contributed by atoms with van der Waals surface area (Å²) in [7, 11) is 0. The number of likely N-dealkylation sites (tertiary alicyclic amines) is 1. The molecular weight excluding hydrogens is 354 g/mol. The highest BCUT2D eigenvalue weighted by Crippen LogP contribution is 2.25. The van der Waals surface area contributed by atoms with Gasteiger partial charge in [0.1, 0.15) is 6.61 Å². The minimum atomic E-state index is -0.447. The van der Waals surface area contributed by atoms with E-state index in [0.717, 1.165) is 36.8 Å². The number of carbonyl (C=O) groups is 1. The average Bonchev–Trinajstić information content (AvgIpc) is 2.69. The Labute approximate surface area is 165 Å². The van der Waals surface area contributed by atoms with Crippen LogP contribution < -0.4 is 5.32 Å². The lowest BCUT2D eigenvalue weighted by molar-refractivity contribution is -0.0737. The number of benzene rings is 1. The van der Waals surface area contributed by atoms with E-state index in [-0.39, 0.29) is 6.61 Å². The van der Waals surface area contributed by atoms with Crippen LogP contribution in [0.1, 0.15) is 24.0 Å². The zero-order chi connectivity index (χ0) is 19.2. The molecule has 1 N–H and O–H groups in total. The maximum atomic E-state index is 11.9. The summed E-state index contributed by atoms with van der Waals surface area (Å²) in [4.78, 5) is 18.5. The van der Waals surface area contributed by atoms with Crippen LogP contribution in [-0.2, 0) is 22.5 Å². The van der Waals surface area contributed by atoms with E-state index in [4.69, 9.17) is 9.47 Å². The van der Waals surface area contributed by atoms with E-state index in [1.807, 2.05) is 24.3 Å². The molecule has 0 bridgehead atoms. The van der Waals surface area contributed by atoms with Crippen LogP contribution >= 0.6 is 0 Å². The molecule has 6 nitrogen and oxygen atoms in total. The van der Waals surface area contributed by atoms with Gasteiger partial charge in [0.15, 0.2) is 0 Å². The Bertz CT molecular complexity index is 754. The molecule has 1 amide bonds. The van der Waals surface area contributed by atoms with Gasteiger partial charge in [0.2, 0.25) is 0 Å². The summed E-state index contributed by atoms with van der Waals surface area (Å²) >= 11 is 0. The molecule has 0 aliphatic carbocycles. The fourth-order valence-corrected chi connectivity index (χ4v) is 3.80. The van der Waals surface area contributed by atoms with Crippen molar-refractivity contribution in [2.45, 2.75) is 31.9 Å². The standard InChI is InChI=1S/C22H27N3O3/c26-22(28-14-19-5-9-23-10-6-19)24-20-3-1-17(2-4-20)13-18-7-11-25(12-8-18)21-15-27-16-21/h1-6,9-10,18,21H,7-8,11-16H2,(H,24,26). The smallest absolute Gasteiger partial charge is 0.411 e. The van der Waals surface area contributed by atoms with E-state index >= 15 is 0 Å². The molecule has 3 heterocycles. The first-order chi connectivity index (χ1) is 13.8. The van der Waals surface area contributed by atoms with E-state index in [9.17, 15) is 4.79 Å². The van der Waals surface area contributed by atoms with Gasteiger partial charge in [-0.25, -0.2) is 4.79 Å². The average molecular weight is 381 g/mol. The summed E-state index contributed by atoms with van der Waals surface area (Å²) in [5.41, 5.74) is 2.99. The van der Waals surface area contributed by atoms with Crippen molar-refractivity contribution >= 4 is 11.8 Å². The van der Waals surface area contributed by atoms with E-state index in [2.05, 4.69) is 27.3 Å². The Hall–Kier alpha value is -2.44. The number of ether oxygens (including phenoxy) is 2. The van der Waals surface area contributed by atoms with Crippen molar-refractivity contribution in [3.63, 3.8) is 0 Å². The molecule has 2 saturated heterocycles. The van der Waals surface area contributed by atoms with Crippen molar-refractivity contribution < 1.29 is 14.3 Å². The third-order valence-electron chi connectivity index (χ3n) is 5.63. The van der Waals surface area contributed by atoms with Crippen LogP contribution in [0.15, 0.2) is 48.8 Å². The molecule has 28 heavy (non-hydrogen) atoms. The summed E-state index contributed by atoms with van der Waals surface area (Å²) in [5, 5.41) is 2.78. The summed E-state index contributed by atoms with van der Waals surface area (Å²) in [6.07, 6.45) is 6.51. The molecule has 0 radical (unpaired) electrons. The first kappa shape index (κ1) is 18.9. The third-order valence-corrected chi connectivity index (χ3v) is 5.63. The van der Waals surface area contributed by atoms with E-state index in [1.165, 1.54) is 31.5 Å². The monoisotopic (exact) mass is 381 g/mol. The molecule has 6 heteroatoms. The van der Waals surface area contributed by atoms with Crippen molar-refractivity contribution in [1.82, 2.24) is 9.88 Å². The molecular formula is C22H27N3O3. The fourth-order valence-electron chi connectivity index (χ4n) is 3.80. The minimum absolute atomic E-state index is 0.234. The molecule has 0 spiro atoms. The Balaban J connectivity index is 1.20. The second-order valence-corrected chi connectivity index (χ2v) is 7.63. The van der Waals surface area contributed by atoms with E-state index < -0.39 is 6.09 Å². The van der Waals surface area contributed by atoms with Crippen LogP contribution in [0, 0.1) is 5.92 Å². The van der Waals surface area contributed by atoms with E-state index in [1.54, 1.807) is 12.4 Å². The van der Waals surface area contributed by atoms with Gasteiger partial charge >= 0.3 is 6.09 Å². The van der Waals surface area contributed by atoms with Crippen LogP contribution in [-0.4, -0.2) is 48.3 Å². The molecule has 0 saturated carbocycles. The topological polar surface area (TPSA) is 63.7 Å². The van der Waals surface area contributed by atoms with Gasteiger partial charge in [0, 0.05) is 18.1 Å². The van der Waals surface area contributed by atoms with Crippen LogP contribution in [0.4, 0.5) is 10.5 Å². The Kier molecular flexibility index (Phi) is 6.19. The molecule has 0 unspecified atom stereocenters. The fraction of sp³-hybridized carbons (Fsp3) is 0.455. The SMILES string of the molecule is O=C(Nc1ccc(CC2CCN(C3COC3)CC2)cc1)OCc1ccncc1. The molecule has 4 rings (SSSR count). The largest absolute Gasteiger partial charge is 0.444 e. The quantitative estimate of drug-likeness (QED) is 0.830. The lowest BCUT2D eigenvalue weighted by Crippen LogP contribution is -2.51. The Morgan fingerprint density at radius 3 is 2.43 bits per heavy atom. The number of hydrogen-bond acceptors (Lipinski definition) is 5. The summed E-state index contributed by atoms with van der Waals surface area (Å²) < 4.78 is 10.5. The highest BCUT2D eigenvalue weighted by Gasteiger charge is 2.29. The van der Waals surface area contributed by atoms with Crippen molar-refractivity contribution in [3.05, 3.63) is 59.9 Å². The summed E-state index contributed by atoms with van der Waals surface area (Å²) in [6.45, 7) is 4.41. The molecule has 2 fully saturated rings. The zero-order valence-corrected chi connectivity index (χ0v) is 16.0. The number of amides is 1. The first-order valence-corrected chi connectivity index (χ1v) is 10.00. The van der Waals surface area contributed by atoms with Crippen molar-refractivity contribution in [2.75, 3.05) is 31.6 Å². The highest BCUT2D eigenvalue weighted by atomic mass is 16.5. The van der Waals surface area contributed by atoms with Gasteiger partial charge in [-0.15, -0.1) is 0 Å². The van der Waals surface area contributed by atoms with Crippen LogP contribution in [0.25, 0.3) is 0 Å². The van der Waals surface area contributed by atoms with Gasteiger partial charge in [-0.1, -0.05) is 12.1 Å². The summed E-state index contributed by atoms with van der Waals surface area (Å²) in [5.74, 6) is 0.737. The number of nitrogens with one attached hydrogen (secondary N) is 1. The number of nitrogens with zero attached hydrogens (tertiary/aromatic N) is 2. The molecule has 148 valence electrons. The van der Waals surface area contributed by atoms with Crippen LogP contribution in [0.5, 0.6) is 0 Å². The lowest BCUT2D eigenvalue weighted by atomic mass is 9.89. The normalized spacial score (nSPS) is 18.4. The molecule has 2 aliphatic rings. The predicted molar refractivity (Wildman–Crippen MR) is 107 cm³/mol. The van der Waals surface area contributed by atoms with Gasteiger partial charge in [-0.05, 0) is 73.7 Å². The summed E-state index contributed by atoms with van der Waals surface area (Å²) in [6, 6.07) is 12.4. The maximum absolute atomic E-state index is 11.9. The molecule has 2 aliphatic heterocycles.